The van der Waals surface area contributed by atoms with Gasteiger partial charge in [0.2, 0.25) is 0 Å². The highest BCUT2D eigenvalue weighted by molar-refractivity contribution is 5.38. The van der Waals surface area contributed by atoms with Gasteiger partial charge in [-0.05, 0) is 30.2 Å². The molecule has 1 aromatic carbocycles. The van der Waals surface area contributed by atoms with Gasteiger partial charge < -0.3 is 10.5 Å². The highest BCUT2D eigenvalue weighted by atomic mass is 19.1. The van der Waals surface area contributed by atoms with Gasteiger partial charge in [0.1, 0.15) is 5.82 Å². The van der Waals surface area contributed by atoms with Crippen LogP contribution in [0, 0.1) is 17.7 Å². The van der Waals surface area contributed by atoms with Crippen molar-refractivity contribution in [1.82, 2.24) is 4.90 Å². The molecule has 1 atom stereocenters. The molecular formula is C16H21FN2O. The number of hydrogen-bond acceptors (Lipinski definition) is 3. The molecule has 1 unspecified atom stereocenters. The molecule has 0 amide bonds. The van der Waals surface area contributed by atoms with E-state index in [4.69, 9.17) is 10.5 Å². The van der Waals surface area contributed by atoms with Gasteiger partial charge in [-0.2, -0.15) is 0 Å². The largest absolute Gasteiger partial charge is 0.376 e. The lowest BCUT2D eigenvalue weighted by atomic mass is 10.1. The molecule has 1 fully saturated rings. The van der Waals surface area contributed by atoms with Crippen LogP contribution in [0.4, 0.5) is 4.39 Å². The van der Waals surface area contributed by atoms with Gasteiger partial charge in [0.15, 0.2) is 0 Å². The highest BCUT2D eigenvalue weighted by Gasteiger charge is 2.19. The number of nitrogens with zero attached hydrogens (tertiary/aromatic N) is 1. The molecular weight excluding hydrogens is 255 g/mol. The first kappa shape index (κ1) is 15.0. The van der Waals surface area contributed by atoms with Crippen LogP contribution in [0.1, 0.15) is 24.5 Å². The Morgan fingerprint density at radius 1 is 1.45 bits per heavy atom. The number of hydrogen-bond donors (Lipinski definition) is 1. The molecule has 1 aliphatic rings. The topological polar surface area (TPSA) is 38.5 Å². The van der Waals surface area contributed by atoms with Crippen molar-refractivity contribution in [3.05, 3.63) is 35.1 Å². The lowest BCUT2D eigenvalue weighted by molar-refractivity contribution is -0.0324. The van der Waals surface area contributed by atoms with Gasteiger partial charge in [0, 0.05) is 25.2 Å². The van der Waals surface area contributed by atoms with Crippen LogP contribution in [0.3, 0.4) is 0 Å². The average Bonchev–Trinajstić information content (AvgIpc) is 2.44. The lowest BCUT2D eigenvalue weighted by Crippen LogP contribution is -2.41. The number of nitrogens with two attached hydrogens (primary N) is 1. The maximum absolute atomic E-state index is 13.6. The molecule has 1 aliphatic heterocycles. The molecule has 2 N–H and O–H groups in total. The van der Waals surface area contributed by atoms with Crippen molar-refractivity contribution in [3.63, 3.8) is 0 Å². The number of morpholine rings is 1. The van der Waals surface area contributed by atoms with E-state index in [0.717, 1.165) is 38.2 Å². The number of rotatable bonds is 3. The van der Waals surface area contributed by atoms with E-state index in [-0.39, 0.29) is 18.5 Å². The van der Waals surface area contributed by atoms with Crippen molar-refractivity contribution in [2.45, 2.75) is 26.0 Å². The minimum atomic E-state index is -0.246. The molecule has 2 rings (SSSR count). The van der Waals surface area contributed by atoms with Crippen molar-refractivity contribution < 1.29 is 9.13 Å². The molecule has 1 saturated heterocycles. The fraction of sp³-hybridized carbons (Fsp3) is 0.500. The quantitative estimate of drug-likeness (QED) is 0.855. The Morgan fingerprint density at radius 2 is 2.30 bits per heavy atom. The number of halogens is 1. The molecule has 4 heteroatoms. The standard InChI is InChI=1S/C16H21FN2O/c1-2-16-12-19(6-7-20-16)11-14-8-13(4-3-5-18)9-15(17)10-14/h8-10,16H,2,5-7,11-12,18H2,1H3. The summed E-state index contributed by atoms with van der Waals surface area (Å²) in [5.74, 6) is 5.39. The predicted octanol–water partition coefficient (Wildman–Crippen LogP) is 1.75. The summed E-state index contributed by atoms with van der Waals surface area (Å²) in [6.45, 7) is 5.67. The molecule has 0 bridgehead atoms. The summed E-state index contributed by atoms with van der Waals surface area (Å²) in [6.07, 6.45) is 1.29. The van der Waals surface area contributed by atoms with E-state index < -0.39 is 0 Å². The van der Waals surface area contributed by atoms with Crippen LogP contribution < -0.4 is 5.73 Å². The summed E-state index contributed by atoms with van der Waals surface area (Å²) in [7, 11) is 0. The van der Waals surface area contributed by atoms with Gasteiger partial charge in [-0.1, -0.05) is 18.8 Å². The van der Waals surface area contributed by atoms with Crippen molar-refractivity contribution in [2.75, 3.05) is 26.2 Å². The molecule has 0 aromatic heterocycles. The summed E-state index contributed by atoms with van der Waals surface area (Å²) in [5.41, 5.74) is 6.98. The smallest absolute Gasteiger partial charge is 0.124 e. The first-order valence-electron chi connectivity index (χ1n) is 7.03. The van der Waals surface area contributed by atoms with Gasteiger partial charge in [-0.15, -0.1) is 0 Å². The third kappa shape index (κ3) is 4.31. The molecule has 0 spiro atoms. The second kappa shape index (κ2) is 7.39. The summed E-state index contributed by atoms with van der Waals surface area (Å²) in [4.78, 5) is 2.30. The van der Waals surface area contributed by atoms with Crippen LogP contribution in [-0.2, 0) is 11.3 Å². The van der Waals surface area contributed by atoms with Crippen LogP contribution in [0.25, 0.3) is 0 Å². The van der Waals surface area contributed by atoms with Crippen LogP contribution in [0.5, 0.6) is 0 Å². The Kier molecular flexibility index (Phi) is 5.54. The first-order chi connectivity index (χ1) is 9.71. The van der Waals surface area contributed by atoms with Crippen molar-refractivity contribution in [3.8, 4) is 11.8 Å². The minimum absolute atomic E-state index is 0.246. The van der Waals surface area contributed by atoms with Gasteiger partial charge in [-0.3, -0.25) is 4.90 Å². The Labute approximate surface area is 119 Å². The van der Waals surface area contributed by atoms with Crippen LogP contribution in [-0.4, -0.2) is 37.2 Å². The zero-order valence-electron chi connectivity index (χ0n) is 11.9. The number of benzene rings is 1. The fourth-order valence-corrected chi connectivity index (χ4v) is 2.40. The van der Waals surface area contributed by atoms with Gasteiger partial charge in [0.05, 0.1) is 19.3 Å². The molecule has 1 aromatic rings. The van der Waals surface area contributed by atoms with Gasteiger partial charge in [-0.25, -0.2) is 4.39 Å². The molecule has 0 radical (unpaired) electrons. The predicted molar refractivity (Wildman–Crippen MR) is 77.6 cm³/mol. The van der Waals surface area contributed by atoms with Crippen LogP contribution in [0.2, 0.25) is 0 Å². The van der Waals surface area contributed by atoms with Crippen molar-refractivity contribution in [1.29, 1.82) is 0 Å². The average molecular weight is 276 g/mol. The fourth-order valence-electron chi connectivity index (χ4n) is 2.40. The normalized spacial score (nSPS) is 19.4. The third-order valence-electron chi connectivity index (χ3n) is 3.38. The summed E-state index contributed by atoms with van der Waals surface area (Å²) < 4.78 is 19.3. The van der Waals surface area contributed by atoms with Gasteiger partial charge in [0.25, 0.3) is 0 Å². The SMILES string of the molecule is CCC1CN(Cc2cc(F)cc(C#CCN)c2)CCO1. The van der Waals surface area contributed by atoms with Crippen molar-refractivity contribution in [2.24, 2.45) is 5.73 Å². The monoisotopic (exact) mass is 276 g/mol. The molecule has 108 valence electrons. The second-order valence-electron chi connectivity index (χ2n) is 4.99. The van der Waals surface area contributed by atoms with Crippen molar-refractivity contribution >= 4 is 0 Å². The zero-order chi connectivity index (χ0) is 14.4. The van der Waals surface area contributed by atoms with E-state index in [1.54, 1.807) is 6.07 Å². The lowest BCUT2D eigenvalue weighted by Gasteiger charge is -2.32. The van der Waals surface area contributed by atoms with Gasteiger partial charge >= 0.3 is 0 Å². The van der Waals surface area contributed by atoms with E-state index in [0.29, 0.717) is 5.56 Å². The maximum Gasteiger partial charge on any atom is 0.124 e. The number of ether oxygens (including phenoxy) is 1. The summed E-state index contributed by atoms with van der Waals surface area (Å²) >= 11 is 0. The first-order valence-corrected chi connectivity index (χ1v) is 7.03. The summed E-state index contributed by atoms with van der Waals surface area (Å²) in [6, 6.07) is 4.95. The Bertz CT molecular complexity index is 507. The molecule has 0 saturated carbocycles. The van der Waals surface area contributed by atoms with E-state index in [1.807, 2.05) is 6.07 Å². The van der Waals surface area contributed by atoms with E-state index >= 15 is 0 Å². The van der Waals surface area contributed by atoms with Crippen LogP contribution in [0.15, 0.2) is 18.2 Å². The zero-order valence-corrected chi connectivity index (χ0v) is 11.9. The van der Waals surface area contributed by atoms with E-state index in [1.165, 1.54) is 6.07 Å². The molecule has 1 heterocycles. The summed E-state index contributed by atoms with van der Waals surface area (Å²) in [5, 5.41) is 0. The highest BCUT2D eigenvalue weighted by Crippen LogP contribution is 2.15. The molecule has 3 nitrogen and oxygen atoms in total. The maximum atomic E-state index is 13.6. The minimum Gasteiger partial charge on any atom is -0.376 e. The van der Waals surface area contributed by atoms with Crippen LogP contribution >= 0.6 is 0 Å². The van der Waals surface area contributed by atoms with E-state index in [9.17, 15) is 4.39 Å². The second-order valence-corrected chi connectivity index (χ2v) is 4.99. The Hall–Kier alpha value is -1.41. The molecule has 0 aliphatic carbocycles. The Balaban J connectivity index is 2.06. The third-order valence-corrected chi connectivity index (χ3v) is 3.38. The van der Waals surface area contributed by atoms with E-state index in [2.05, 4.69) is 23.7 Å². The molecule has 20 heavy (non-hydrogen) atoms. The Morgan fingerprint density at radius 3 is 3.05 bits per heavy atom.